The highest BCUT2D eigenvalue weighted by molar-refractivity contribution is 6.30. The third kappa shape index (κ3) is 3.40. The van der Waals surface area contributed by atoms with Crippen molar-refractivity contribution >= 4 is 40.1 Å². The van der Waals surface area contributed by atoms with Gasteiger partial charge in [0.25, 0.3) is 0 Å². The third-order valence-electron chi connectivity index (χ3n) is 4.93. The SMILES string of the molecule is Cn1c(CNC(=O)C2CC(=O)N(c3ccc(Cl)cc3)C2)nc2ccccc21. The van der Waals surface area contributed by atoms with Crippen molar-refractivity contribution in [2.45, 2.75) is 13.0 Å². The van der Waals surface area contributed by atoms with Gasteiger partial charge in [0.2, 0.25) is 11.8 Å². The molecule has 0 saturated carbocycles. The number of amides is 2. The Morgan fingerprint density at radius 1 is 1.22 bits per heavy atom. The highest BCUT2D eigenvalue weighted by atomic mass is 35.5. The van der Waals surface area contributed by atoms with Crippen molar-refractivity contribution in [1.29, 1.82) is 0 Å². The maximum Gasteiger partial charge on any atom is 0.227 e. The van der Waals surface area contributed by atoms with Gasteiger partial charge in [0.15, 0.2) is 0 Å². The molecule has 3 aromatic rings. The van der Waals surface area contributed by atoms with Crippen LogP contribution in [0.1, 0.15) is 12.2 Å². The summed E-state index contributed by atoms with van der Waals surface area (Å²) >= 11 is 5.90. The number of para-hydroxylation sites is 2. The van der Waals surface area contributed by atoms with Crippen molar-refractivity contribution in [3.05, 3.63) is 59.4 Å². The van der Waals surface area contributed by atoms with Gasteiger partial charge in [0, 0.05) is 30.7 Å². The lowest BCUT2D eigenvalue weighted by Crippen LogP contribution is -2.33. The summed E-state index contributed by atoms with van der Waals surface area (Å²) in [6, 6.07) is 14.9. The van der Waals surface area contributed by atoms with E-state index in [-0.39, 0.29) is 24.2 Å². The lowest BCUT2D eigenvalue weighted by molar-refractivity contribution is -0.126. The molecule has 1 aromatic heterocycles. The first kappa shape index (κ1) is 17.5. The molecule has 138 valence electrons. The van der Waals surface area contributed by atoms with E-state index >= 15 is 0 Å². The molecule has 1 fully saturated rings. The van der Waals surface area contributed by atoms with Crippen LogP contribution in [-0.4, -0.2) is 27.9 Å². The fourth-order valence-corrected chi connectivity index (χ4v) is 3.54. The Bertz CT molecular complexity index is 1010. The van der Waals surface area contributed by atoms with Crippen LogP contribution in [0.5, 0.6) is 0 Å². The van der Waals surface area contributed by atoms with E-state index in [2.05, 4.69) is 10.3 Å². The molecule has 0 bridgehead atoms. The lowest BCUT2D eigenvalue weighted by Gasteiger charge is -2.16. The number of aryl methyl sites for hydroxylation is 1. The minimum absolute atomic E-state index is 0.0554. The number of rotatable bonds is 4. The molecule has 1 aliphatic rings. The zero-order valence-electron chi connectivity index (χ0n) is 14.9. The van der Waals surface area contributed by atoms with Crippen molar-refractivity contribution in [2.24, 2.45) is 13.0 Å². The standard InChI is InChI=1S/C20H19ClN4O2/c1-24-17-5-3-2-4-16(17)23-18(24)11-22-20(27)13-10-19(26)25(12-13)15-8-6-14(21)7-9-15/h2-9,13H,10-12H2,1H3,(H,22,27). The van der Waals surface area contributed by atoms with Gasteiger partial charge in [-0.3, -0.25) is 9.59 Å². The van der Waals surface area contributed by atoms with Gasteiger partial charge in [0.1, 0.15) is 5.82 Å². The summed E-state index contributed by atoms with van der Waals surface area (Å²) in [5.41, 5.74) is 2.68. The molecule has 0 aliphatic carbocycles. The molecular weight excluding hydrogens is 364 g/mol. The first-order valence-electron chi connectivity index (χ1n) is 8.77. The molecule has 2 heterocycles. The Balaban J connectivity index is 1.42. The predicted molar refractivity (Wildman–Crippen MR) is 104 cm³/mol. The summed E-state index contributed by atoms with van der Waals surface area (Å²) in [5, 5.41) is 3.54. The minimum Gasteiger partial charge on any atom is -0.349 e. The molecule has 0 spiro atoms. The van der Waals surface area contributed by atoms with Gasteiger partial charge in [-0.25, -0.2) is 4.98 Å². The van der Waals surface area contributed by atoms with Crippen LogP contribution in [0.25, 0.3) is 11.0 Å². The largest absolute Gasteiger partial charge is 0.349 e. The quantitative estimate of drug-likeness (QED) is 0.754. The van der Waals surface area contributed by atoms with Crippen LogP contribution in [0.3, 0.4) is 0 Å². The number of halogens is 1. The van der Waals surface area contributed by atoms with Crippen molar-refractivity contribution in [3.8, 4) is 0 Å². The molecular formula is C20H19ClN4O2. The van der Waals surface area contributed by atoms with Crippen molar-refractivity contribution in [3.63, 3.8) is 0 Å². The van der Waals surface area contributed by atoms with Gasteiger partial charge >= 0.3 is 0 Å². The van der Waals surface area contributed by atoms with E-state index in [4.69, 9.17) is 11.6 Å². The van der Waals surface area contributed by atoms with Crippen molar-refractivity contribution < 1.29 is 9.59 Å². The molecule has 1 atom stereocenters. The number of anilines is 1. The molecule has 1 N–H and O–H groups in total. The molecule has 7 heteroatoms. The average molecular weight is 383 g/mol. The first-order valence-corrected chi connectivity index (χ1v) is 9.14. The second kappa shape index (κ2) is 7.04. The van der Waals surface area contributed by atoms with E-state index in [1.54, 1.807) is 29.2 Å². The second-order valence-corrected chi connectivity index (χ2v) is 7.11. The molecule has 6 nitrogen and oxygen atoms in total. The smallest absolute Gasteiger partial charge is 0.227 e. The maximum absolute atomic E-state index is 12.6. The number of carbonyl (C=O) groups is 2. The molecule has 27 heavy (non-hydrogen) atoms. The van der Waals surface area contributed by atoms with Crippen LogP contribution in [-0.2, 0) is 23.2 Å². The molecule has 0 radical (unpaired) electrons. The summed E-state index contributed by atoms with van der Waals surface area (Å²) in [5.74, 6) is 0.221. The van der Waals surface area contributed by atoms with Gasteiger partial charge in [-0.05, 0) is 36.4 Å². The molecule has 2 amide bonds. The number of imidazole rings is 1. The van der Waals surface area contributed by atoms with Crippen LogP contribution in [0.2, 0.25) is 5.02 Å². The molecule has 1 unspecified atom stereocenters. The Kier molecular flexibility index (Phi) is 4.58. The van der Waals surface area contributed by atoms with Gasteiger partial charge < -0.3 is 14.8 Å². The monoisotopic (exact) mass is 382 g/mol. The Hall–Kier alpha value is -2.86. The van der Waals surface area contributed by atoms with Crippen molar-refractivity contribution in [1.82, 2.24) is 14.9 Å². The number of nitrogens with zero attached hydrogens (tertiary/aromatic N) is 3. The van der Waals surface area contributed by atoms with Crippen molar-refractivity contribution in [2.75, 3.05) is 11.4 Å². The highest BCUT2D eigenvalue weighted by Crippen LogP contribution is 2.26. The topological polar surface area (TPSA) is 67.2 Å². The van der Waals surface area contributed by atoms with E-state index in [9.17, 15) is 9.59 Å². The maximum atomic E-state index is 12.6. The van der Waals surface area contributed by atoms with E-state index in [0.29, 0.717) is 18.1 Å². The molecule has 1 aliphatic heterocycles. The first-order chi connectivity index (χ1) is 13.0. The number of hydrogen-bond acceptors (Lipinski definition) is 3. The fourth-order valence-electron chi connectivity index (χ4n) is 3.42. The Morgan fingerprint density at radius 2 is 1.96 bits per heavy atom. The average Bonchev–Trinajstić information content (AvgIpc) is 3.21. The zero-order chi connectivity index (χ0) is 19.0. The van der Waals surface area contributed by atoms with Crippen LogP contribution < -0.4 is 10.2 Å². The summed E-state index contributed by atoms with van der Waals surface area (Å²) in [7, 11) is 1.93. The van der Waals surface area contributed by atoms with E-state index in [1.807, 2.05) is 35.9 Å². The van der Waals surface area contributed by atoms with Gasteiger partial charge in [-0.2, -0.15) is 0 Å². The van der Waals surface area contributed by atoms with E-state index in [0.717, 1.165) is 22.5 Å². The number of fused-ring (bicyclic) bond motifs is 1. The van der Waals surface area contributed by atoms with E-state index in [1.165, 1.54) is 0 Å². The highest BCUT2D eigenvalue weighted by Gasteiger charge is 2.35. The van der Waals surface area contributed by atoms with E-state index < -0.39 is 0 Å². The number of aromatic nitrogens is 2. The predicted octanol–water partition coefficient (Wildman–Crippen LogP) is 2.90. The molecule has 2 aromatic carbocycles. The number of hydrogen-bond donors (Lipinski definition) is 1. The number of benzene rings is 2. The number of carbonyl (C=O) groups excluding carboxylic acids is 2. The fraction of sp³-hybridized carbons (Fsp3) is 0.250. The summed E-state index contributed by atoms with van der Waals surface area (Å²) < 4.78 is 1.97. The van der Waals surface area contributed by atoms with Crippen LogP contribution in [0.15, 0.2) is 48.5 Å². The van der Waals surface area contributed by atoms with Gasteiger partial charge in [-0.15, -0.1) is 0 Å². The summed E-state index contributed by atoms with van der Waals surface area (Å²) in [4.78, 5) is 31.1. The van der Waals surface area contributed by atoms with Crippen LogP contribution >= 0.6 is 11.6 Å². The Morgan fingerprint density at radius 3 is 2.70 bits per heavy atom. The van der Waals surface area contributed by atoms with Gasteiger partial charge in [0.05, 0.1) is 23.5 Å². The number of nitrogens with one attached hydrogen (secondary N) is 1. The zero-order valence-corrected chi connectivity index (χ0v) is 15.6. The normalized spacial score (nSPS) is 16.9. The summed E-state index contributed by atoms with van der Waals surface area (Å²) in [6.45, 7) is 0.699. The van der Waals surface area contributed by atoms with Crippen LogP contribution in [0.4, 0.5) is 5.69 Å². The van der Waals surface area contributed by atoms with Gasteiger partial charge in [-0.1, -0.05) is 23.7 Å². The lowest BCUT2D eigenvalue weighted by atomic mass is 10.1. The molecule has 4 rings (SSSR count). The Labute approximate surface area is 161 Å². The summed E-state index contributed by atoms with van der Waals surface area (Å²) in [6.07, 6.45) is 0.205. The minimum atomic E-state index is -0.372. The second-order valence-electron chi connectivity index (χ2n) is 6.68. The third-order valence-corrected chi connectivity index (χ3v) is 5.19. The molecule has 1 saturated heterocycles. The van der Waals surface area contributed by atoms with Crippen LogP contribution in [0, 0.1) is 5.92 Å².